The standard InChI is InChI=1S/C13H12FN3O4/c1-7(2)11-6-12(21-16-11)15-13(18)9-5-8(17(19)20)3-4-10(9)14/h3-7H,1-2H3,(H,15,18). The van der Waals surface area contributed by atoms with E-state index in [4.69, 9.17) is 4.52 Å². The monoisotopic (exact) mass is 293 g/mol. The van der Waals surface area contributed by atoms with E-state index in [2.05, 4.69) is 10.5 Å². The molecule has 110 valence electrons. The van der Waals surface area contributed by atoms with Crippen LogP contribution in [0, 0.1) is 15.9 Å². The Morgan fingerprint density at radius 1 is 1.43 bits per heavy atom. The maximum atomic E-state index is 13.6. The molecular weight excluding hydrogens is 281 g/mol. The van der Waals surface area contributed by atoms with Gasteiger partial charge in [-0.2, -0.15) is 0 Å². The van der Waals surface area contributed by atoms with Crippen LogP contribution in [0.1, 0.15) is 35.8 Å². The SMILES string of the molecule is CC(C)c1cc(NC(=O)c2cc([N+](=O)[O-])ccc2F)on1. The number of anilines is 1. The molecule has 0 spiro atoms. The van der Waals surface area contributed by atoms with E-state index in [-0.39, 0.29) is 17.5 Å². The van der Waals surface area contributed by atoms with Crippen molar-refractivity contribution in [2.24, 2.45) is 0 Å². The van der Waals surface area contributed by atoms with Crippen molar-refractivity contribution in [1.82, 2.24) is 5.16 Å². The van der Waals surface area contributed by atoms with Crippen LogP contribution in [0.3, 0.4) is 0 Å². The Labute approximate surface area is 118 Å². The normalized spacial score (nSPS) is 10.7. The lowest BCUT2D eigenvalue weighted by molar-refractivity contribution is -0.384. The average molecular weight is 293 g/mol. The van der Waals surface area contributed by atoms with E-state index in [1.54, 1.807) is 0 Å². The summed E-state index contributed by atoms with van der Waals surface area (Å²) in [7, 11) is 0. The summed E-state index contributed by atoms with van der Waals surface area (Å²) in [6, 6.07) is 4.23. The zero-order chi connectivity index (χ0) is 15.6. The van der Waals surface area contributed by atoms with Crippen LogP contribution in [0.5, 0.6) is 0 Å². The second-order valence-corrected chi connectivity index (χ2v) is 4.65. The highest BCUT2D eigenvalue weighted by Crippen LogP contribution is 2.20. The zero-order valence-electron chi connectivity index (χ0n) is 11.3. The van der Waals surface area contributed by atoms with Crippen LogP contribution < -0.4 is 5.32 Å². The van der Waals surface area contributed by atoms with Gasteiger partial charge in [0.15, 0.2) is 0 Å². The van der Waals surface area contributed by atoms with E-state index in [0.29, 0.717) is 5.69 Å². The van der Waals surface area contributed by atoms with Crippen LogP contribution in [0.4, 0.5) is 16.0 Å². The lowest BCUT2D eigenvalue weighted by Gasteiger charge is -2.02. The number of rotatable bonds is 4. The molecule has 7 nitrogen and oxygen atoms in total. The van der Waals surface area contributed by atoms with Gasteiger partial charge >= 0.3 is 0 Å². The van der Waals surface area contributed by atoms with Gasteiger partial charge in [-0.15, -0.1) is 0 Å². The average Bonchev–Trinajstić information content (AvgIpc) is 2.87. The Morgan fingerprint density at radius 3 is 2.71 bits per heavy atom. The fraction of sp³-hybridized carbons (Fsp3) is 0.231. The van der Waals surface area contributed by atoms with Crippen molar-refractivity contribution in [3.63, 3.8) is 0 Å². The highest BCUT2D eigenvalue weighted by Gasteiger charge is 2.18. The third-order valence-corrected chi connectivity index (χ3v) is 2.76. The van der Waals surface area contributed by atoms with Crippen LogP contribution in [0.25, 0.3) is 0 Å². The van der Waals surface area contributed by atoms with Crippen molar-refractivity contribution >= 4 is 17.5 Å². The number of carbonyl (C=O) groups excluding carboxylic acids is 1. The molecule has 2 aromatic rings. The first-order valence-corrected chi connectivity index (χ1v) is 6.10. The number of non-ortho nitro benzene ring substituents is 1. The molecule has 1 N–H and O–H groups in total. The molecule has 0 saturated heterocycles. The Morgan fingerprint density at radius 2 is 2.14 bits per heavy atom. The smallest absolute Gasteiger partial charge is 0.270 e. The van der Waals surface area contributed by atoms with Crippen molar-refractivity contribution < 1.29 is 18.6 Å². The minimum Gasteiger partial charge on any atom is -0.338 e. The molecule has 8 heteroatoms. The highest BCUT2D eigenvalue weighted by molar-refractivity contribution is 6.04. The number of nitrogens with zero attached hydrogens (tertiary/aromatic N) is 2. The molecule has 0 radical (unpaired) electrons. The predicted molar refractivity (Wildman–Crippen MR) is 71.6 cm³/mol. The number of hydrogen-bond acceptors (Lipinski definition) is 5. The van der Waals surface area contributed by atoms with E-state index >= 15 is 0 Å². The zero-order valence-corrected chi connectivity index (χ0v) is 11.3. The molecule has 1 heterocycles. The largest absolute Gasteiger partial charge is 0.338 e. The van der Waals surface area contributed by atoms with E-state index in [0.717, 1.165) is 18.2 Å². The molecule has 1 aromatic heterocycles. The number of nitrogens with one attached hydrogen (secondary N) is 1. The number of benzene rings is 1. The number of halogens is 1. The van der Waals surface area contributed by atoms with Crippen molar-refractivity contribution in [1.29, 1.82) is 0 Å². The minimum atomic E-state index is -0.860. The molecular formula is C13H12FN3O4. The number of aromatic nitrogens is 1. The molecule has 0 unspecified atom stereocenters. The van der Waals surface area contributed by atoms with Gasteiger partial charge in [0.25, 0.3) is 11.6 Å². The van der Waals surface area contributed by atoms with Gasteiger partial charge in [-0.25, -0.2) is 4.39 Å². The molecule has 0 saturated carbocycles. The lowest BCUT2D eigenvalue weighted by Crippen LogP contribution is -2.13. The van der Waals surface area contributed by atoms with Crippen molar-refractivity contribution in [2.75, 3.05) is 5.32 Å². The van der Waals surface area contributed by atoms with Crippen molar-refractivity contribution in [2.45, 2.75) is 19.8 Å². The lowest BCUT2D eigenvalue weighted by atomic mass is 10.1. The molecule has 0 bridgehead atoms. The van der Waals surface area contributed by atoms with Crippen LogP contribution >= 0.6 is 0 Å². The van der Waals surface area contributed by atoms with Gasteiger partial charge in [0, 0.05) is 18.2 Å². The molecule has 1 aromatic carbocycles. The van der Waals surface area contributed by atoms with Crippen LogP contribution in [0.15, 0.2) is 28.8 Å². The van der Waals surface area contributed by atoms with Gasteiger partial charge in [-0.3, -0.25) is 20.2 Å². The second-order valence-electron chi connectivity index (χ2n) is 4.65. The number of nitro benzene ring substituents is 1. The number of nitro groups is 1. The summed E-state index contributed by atoms with van der Waals surface area (Å²) >= 11 is 0. The summed E-state index contributed by atoms with van der Waals surface area (Å²) < 4.78 is 18.5. The summed E-state index contributed by atoms with van der Waals surface area (Å²) in [5.41, 5.74) is -0.182. The molecule has 1 amide bonds. The number of hydrogen-bond donors (Lipinski definition) is 1. The van der Waals surface area contributed by atoms with Gasteiger partial charge in [-0.05, 0) is 12.0 Å². The van der Waals surface area contributed by atoms with Crippen LogP contribution in [0.2, 0.25) is 0 Å². The second kappa shape index (κ2) is 5.70. The number of carbonyl (C=O) groups is 1. The van der Waals surface area contributed by atoms with Gasteiger partial charge in [0.05, 0.1) is 16.2 Å². The van der Waals surface area contributed by atoms with Gasteiger partial charge in [0.1, 0.15) is 5.82 Å². The fourth-order valence-electron chi connectivity index (χ4n) is 1.60. The molecule has 21 heavy (non-hydrogen) atoms. The summed E-state index contributed by atoms with van der Waals surface area (Å²) in [6.45, 7) is 3.79. The van der Waals surface area contributed by atoms with Gasteiger partial charge in [0.2, 0.25) is 5.88 Å². The Balaban J connectivity index is 2.23. The summed E-state index contributed by atoms with van der Waals surface area (Å²) in [5, 5.41) is 16.7. The van der Waals surface area contributed by atoms with E-state index in [9.17, 15) is 19.3 Å². The van der Waals surface area contributed by atoms with Gasteiger partial charge < -0.3 is 4.52 Å². The minimum absolute atomic E-state index is 0.0506. The highest BCUT2D eigenvalue weighted by atomic mass is 19.1. The summed E-state index contributed by atoms with van der Waals surface area (Å²) in [5.74, 6) is -1.55. The summed E-state index contributed by atoms with van der Waals surface area (Å²) in [6.07, 6.45) is 0. The first kappa shape index (κ1) is 14.6. The molecule has 0 aliphatic heterocycles. The van der Waals surface area contributed by atoms with Crippen molar-refractivity contribution in [3.8, 4) is 0 Å². The first-order valence-electron chi connectivity index (χ1n) is 6.10. The van der Waals surface area contributed by atoms with E-state index in [1.807, 2.05) is 13.8 Å². The molecule has 0 atom stereocenters. The topological polar surface area (TPSA) is 98.3 Å². The van der Waals surface area contributed by atoms with Crippen LogP contribution in [-0.2, 0) is 0 Å². The van der Waals surface area contributed by atoms with E-state index < -0.39 is 22.2 Å². The molecule has 0 fully saturated rings. The molecule has 0 aliphatic rings. The third-order valence-electron chi connectivity index (χ3n) is 2.76. The maximum Gasteiger partial charge on any atom is 0.270 e. The Kier molecular flexibility index (Phi) is 3.97. The van der Waals surface area contributed by atoms with Crippen LogP contribution in [-0.4, -0.2) is 16.0 Å². The summed E-state index contributed by atoms with van der Waals surface area (Å²) in [4.78, 5) is 21.9. The quantitative estimate of drug-likeness (QED) is 0.689. The fourth-order valence-corrected chi connectivity index (χ4v) is 1.60. The van der Waals surface area contributed by atoms with Gasteiger partial charge in [-0.1, -0.05) is 19.0 Å². The maximum absolute atomic E-state index is 13.6. The third kappa shape index (κ3) is 3.22. The van der Waals surface area contributed by atoms with Crippen molar-refractivity contribution in [3.05, 3.63) is 51.5 Å². The predicted octanol–water partition coefficient (Wildman–Crippen LogP) is 3.10. The van der Waals surface area contributed by atoms with E-state index in [1.165, 1.54) is 6.07 Å². The first-order chi connectivity index (χ1) is 9.88. The molecule has 2 rings (SSSR count). The molecule has 0 aliphatic carbocycles. The number of amides is 1. The Hall–Kier alpha value is -2.77. The Bertz CT molecular complexity index is 696.